The first-order chi connectivity index (χ1) is 8.72. The molecule has 0 spiro atoms. The van der Waals surface area contributed by atoms with Crippen LogP contribution in [0.2, 0.25) is 0 Å². The van der Waals surface area contributed by atoms with E-state index in [1.807, 2.05) is 24.3 Å². The van der Waals surface area contributed by atoms with Crippen LogP contribution in [0.3, 0.4) is 0 Å². The van der Waals surface area contributed by atoms with Crippen molar-refractivity contribution < 1.29 is 15.0 Å². The Balaban J connectivity index is 2.37. The van der Waals surface area contributed by atoms with Crippen LogP contribution in [0.15, 0.2) is 58.3 Å². The average Bonchev–Trinajstić information content (AvgIpc) is 2.40. The van der Waals surface area contributed by atoms with Gasteiger partial charge in [-0.15, -0.1) is 0 Å². The Kier molecular flexibility index (Phi) is 4.02. The van der Waals surface area contributed by atoms with Crippen molar-refractivity contribution in [2.45, 2.75) is 16.4 Å². The van der Waals surface area contributed by atoms with E-state index < -0.39 is 5.97 Å². The number of aliphatic hydroxyl groups is 1. The van der Waals surface area contributed by atoms with Gasteiger partial charge in [0.2, 0.25) is 0 Å². The zero-order valence-electron chi connectivity index (χ0n) is 9.54. The van der Waals surface area contributed by atoms with Gasteiger partial charge < -0.3 is 10.2 Å². The predicted octanol–water partition coefficient (Wildman–Crippen LogP) is 3.03. The minimum atomic E-state index is -0.945. The van der Waals surface area contributed by atoms with Crippen molar-refractivity contribution in [3.63, 3.8) is 0 Å². The number of carboxylic acid groups (broad SMARTS) is 1. The van der Waals surface area contributed by atoms with E-state index in [0.29, 0.717) is 4.90 Å². The van der Waals surface area contributed by atoms with E-state index in [2.05, 4.69) is 0 Å². The topological polar surface area (TPSA) is 57.5 Å². The van der Waals surface area contributed by atoms with Gasteiger partial charge in [0.15, 0.2) is 0 Å². The van der Waals surface area contributed by atoms with Crippen LogP contribution >= 0.6 is 11.8 Å². The number of hydrogen-bond acceptors (Lipinski definition) is 3. The van der Waals surface area contributed by atoms with Crippen LogP contribution in [0.5, 0.6) is 0 Å². The van der Waals surface area contributed by atoms with Gasteiger partial charge in [-0.05, 0) is 23.8 Å². The number of aliphatic hydroxyl groups excluding tert-OH is 1. The number of carbonyl (C=O) groups is 1. The second-order valence-electron chi connectivity index (χ2n) is 3.67. The van der Waals surface area contributed by atoms with Gasteiger partial charge in [-0.3, -0.25) is 0 Å². The van der Waals surface area contributed by atoms with E-state index >= 15 is 0 Å². The summed E-state index contributed by atoms with van der Waals surface area (Å²) in [4.78, 5) is 12.6. The summed E-state index contributed by atoms with van der Waals surface area (Å²) < 4.78 is 0. The fraction of sp³-hybridized carbons (Fsp3) is 0.0714. The van der Waals surface area contributed by atoms with Crippen LogP contribution in [0.25, 0.3) is 0 Å². The molecule has 0 saturated heterocycles. The first kappa shape index (κ1) is 12.7. The summed E-state index contributed by atoms with van der Waals surface area (Å²) in [7, 11) is 0. The third kappa shape index (κ3) is 2.72. The molecule has 4 heteroatoms. The predicted molar refractivity (Wildman–Crippen MR) is 69.9 cm³/mol. The standard InChI is InChI=1S/C14H12O3S/c15-9-10-5-1-3-7-12(10)18-13-8-4-2-6-11(13)14(16)17/h1-8,15H,9H2,(H,16,17). The number of rotatable bonds is 4. The third-order valence-electron chi connectivity index (χ3n) is 2.48. The van der Waals surface area contributed by atoms with Crippen LogP contribution in [-0.2, 0) is 6.61 Å². The zero-order valence-corrected chi connectivity index (χ0v) is 10.4. The van der Waals surface area contributed by atoms with E-state index in [1.165, 1.54) is 11.8 Å². The molecule has 0 saturated carbocycles. The lowest BCUT2D eigenvalue weighted by molar-refractivity contribution is 0.0693. The summed E-state index contributed by atoms with van der Waals surface area (Å²) in [6.07, 6.45) is 0. The van der Waals surface area contributed by atoms with Gasteiger partial charge >= 0.3 is 5.97 Å². The molecule has 18 heavy (non-hydrogen) atoms. The molecule has 0 aliphatic carbocycles. The Bertz CT molecular complexity index is 566. The van der Waals surface area contributed by atoms with Crippen LogP contribution in [-0.4, -0.2) is 16.2 Å². The Hall–Kier alpha value is -1.78. The van der Waals surface area contributed by atoms with Gasteiger partial charge in [-0.25, -0.2) is 4.79 Å². The lowest BCUT2D eigenvalue weighted by Gasteiger charge is -2.08. The van der Waals surface area contributed by atoms with Gasteiger partial charge in [0.05, 0.1) is 12.2 Å². The van der Waals surface area contributed by atoms with Crippen molar-refractivity contribution in [1.29, 1.82) is 0 Å². The molecule has 2 aromatic carbocycles. The molecule has 0 aromatic heterocycles. The van der Waals surface area contributed by atoms with Crippen LogP contribution in [0, 0.1) is 0 Å². The van der Waals surface area contributed by atoms with Gasteiger partial charge in [-0.1, -0.05) is 42.1 Å². The van der Waals surface area contributed by atoms with E-state index in [-0.39, 0.29) is 12.2 Å². The molecule has 92 valence electrons. The second kappa shape index (κ2) is 5.71. The normalized spacial score (nSPS) is 10.3. The molecule has 0 amide bonds. The van der Waals surface area contributed by atoms with Crippen molar-refractivity contribution in [2.75, 3.05) is 0 Å². The van der Waals surface area contributed by atoms with Crippen molar-refractivity contribution >= 4 is 17.7 Å². The number of carboxylic acids is 1. The van der Waals surface area contributed by atoms with Gasteiger partial charge in [0.1, 0.15) is 0 Å². The molecule has 3 nitrogen and oxygen atoms in total. The quantitative estimate of drug-likeness (QED) is 0.887. The fourth-order valence-corrected chi connectivity index (χ4v) is 2.64. The first-order valence-electron chi connectivity index (χ1n) is 5.41. The molecule has 0 aliphatic rings. The van der Waals surface area contributed by atoms with E-state index in [1.54, 1.807) is 24.3 Å². The van der Waals surface area contributed by atoms with E-state index in [0.717, 1.165) is 10.5 Å². The van der Waals surface area contributed by atoms with Crippen molar-refractivity contribution in [3.8, 4) is 0 Å². The molecule has 2 aromatic rings. The minimum absolute atomic E-state index is 0.0571. The number of aromatic carboxylic acids is 1. The summed E-state index contributed by atoms with van der Waals surface area (Å²) in [6, 6.07) is 14.3. The Labute approximate surface area is 109 Å². The van der Waals surface area contributed by atoms with Crippen LogP contribution in [0.1, 0.15) is 15.9 Å². The maximum absolute atomic E-state index is 11.1. The molecule has 2 rings (SSSR count). The molecule has 0 unspecified atom stereocenters. The highest BCUT2D eigenvalue weighted by Crippen LogP contribution is 2.32. The Morgan fingerprint density at radius 1 is 1.00 bits per heavy atom. The highest BCUT2D eigenvalue weighted by atomic mass is 32.2. The summed E-state index contributed by atoms with van der Waals surface area (Å²) >= 11 is 1.35. The van der Waals surface area contributed by atoms with Gasteiger partial charge in [-0.2, -0.15) is 0 Å². The average molecular weight is 260 g/mol. The summed E-state index contributed by atoms with van der Waals surface area (Å²) in [6.45, 7) is -0.0571. The molecule has 0 heterocycles. The molecule has 0 aliphatic heterocycles. The minimum Gasteiger partial charge on any atom is -0.478 e. The van der Waals surface area contributed by atoms with Crippen molar-refractivity contribution in [1.82, 2.24) is 0 Å². The highest BCUT2D eigenvalue weighted by molar-refractivity contribution is 7.99. The summed E-state index contributed by atoms with van der Waals surface area (Å²) in [5.74, 6) is -0.945. The molecule has 0 bridgehead atoms. The fourth-order valence-electron chi connectivity index (χ4n) is 1.58. The molecular formula is C14H12O3S. The van der Waals surface area contributed by atoms with Gasteiger partial charge in [0, 0.05) is 9.79 Å². The highest BCUT2D eigenvalue weighted by Gasteiger charge is 2.11. The molecule has 2 N–H and O–H groups in total. The summed E-state index contributed by atoms with van der Waals surface area (Å²) in [5.41, 5.74) is 1.07. The lowest BCUT2D eigenvalue weighted by Crippen LogP contribution is -1.98. The Morgan fingerprint density at radius 3 is 2.28 bits per heavy atom. The molecule has 0 fully saturated rings. The third-order valence-corrected chi connectivity index (χ3v) is 3.67. The molecular weight excluding hydrogens is 248 g/mol. The maximum Gasteiger partial charge on any atom is 0.336 e. The monoisotopic (exact) mass is 260 g/mol. The van der Waals surface area contributed by atoms with E-state index in [4.69, 9.17) is 5.11 Å². The van der Waals surface area contributed by atoms with Crippen LogP contribution in [0.4, 0.5) is 0 Å². The largest absolute Gasteiger partial charge is 0.478 e. The van der Waals surface area contributed by atoms with E-state index in [9.17, 15) is 9.90 Å². The van der Waals surface area contributed by atoms with Crippen LogP contribution < -0.4 is 0 Å². The number of hydrogen-bond donors (Lipinski definition) is 2. The van der Waals surface area contributed by atoms with Crippen molar-refractivity contribution in [3.05, 3.63) is 59.7 Å². The number of benzene rings is 2. The molecule has 0 radical (unpaired) electrons. The summed E-state index contributed by atoms with van der Waals surface area (Å²) in [5, 5.41) is 18.4. The zero-order chi connectivity index (χ0) is 13.0. The van der Waals surface area contributed by atoms with Gasteiger partial charge in [0.25, 0.3) is 0 Å². The smallest absolute Gasteiger partial charge is 0.336 e. The maximum atomic E-state index is 11.1. The Morgan fingerprint density at radius 2 is 1.61 bits per heavy atom. The lowest BCUT2D eigenvalue weighted by atomic mass is 10.2. The second-order valence-corrected chi connectivity index (χ2v) is 4.75. The first-order valence-corrected chi connectivity index (χ1v) is 6.23. The molecule has 0 atom stereocenters. The SMILES string of the molecule is O=C(O)c1ccccc1Sc1ccccc1CO. The van der Waals surface area contributed by atoms with Crippen molar-refractivity contribution in [2.24, 2.45) is 0 Å².